The Bertz CT molecular complexity index is 481. The fourth-order valence-electron chi connectivity index (χ4n) is 5.38. The van der Waals surface area contributed by atoms with Crippen LogP contribution in [0.5, 0.6) is 0 Å². The number of rotatable bonds is 4. The first-order chi connectivity index (χ1) is 10.9. The molecule has 4 aliphatic carbocycles. The molecule has 1 atom stereocenters. The lowest BCUT2D eigenvalue weighted by Crippen LogP contribution is -2.48. The van der Waals surface area contributed by atoms with Gasteiger partial charge in [-0.05, 0) is 68.6 Å². The summed E-state index contributed by atoms with van der Waals surface area (Å²) in [6.07, 6.45) is 6.85. The Morgan fingerprint density at radius 1 is 1.09 bits per heavy atom. The van der Waals surface area contributed by atoms with Crippen LogP contribution in [0.3, 0.4) is 0 Å². The molecule has 6 nitrogen and oxygen atoms in total. The fourth-order valence-corrected chi connectivity index (χ4v) is 5.38. The summed E-state index contributed by atoms with van der Waals surface area (Å²) in [5.74, 6) is 1.43. The lowest BCUT2D eigenvalue weighted by molar-refractivity contribution is -0.161. The zero-order valence-electron chi connectivity index (χ0n) is 13.9. The number of hydrogen-bond acceptors (Lipinski definition) is 4. The molecule has 4 saturated carbocycles. The van der Waals surface area contributed by atoms with Crippen molar-refractivity contribution in [1.29, 1.82) is 0 Å². The number of carbonyl (C=O) groups excluding carboxylic acids is 3. The largest absolute Gasteiger partial charge is 0.453 e. The molecular weight excluding hydrogens is 296 g/mol. The second-order valence-corrected chi connectivity index (χ2v) is 7.79. The molecule has 0 aromatic rings. The second-order valence-electron chi connectivity index (χ2n) is 7.79. The number of nitrogens with one attached hydrogen (secondary N) is 2. The molecular formula is C17H26N2O4. The number of carbonyl (C=O) groups is 3. The van der Waals surface area contributed by atoms with Crippen LogP contribution in [-0.2, 0) is 14.3 Å². The van der Waals surface area contributed by atoms with Crippen LogP contribution >= 0.6 is 0 Å². The lowest BCUT2D eigenvalue weighted by atomic mass is 9.49. The fraction of sp³-hybridized carbons (Fsp3) is 0.824. The molecule has 23 heavy (non-hydrogen) atoms. The predicted octanol–water partition coefficient (Wildman–Crippen LogP) is 1.98. The Balaban J connectivity index is 1.53. The normalized spacial score (nSPS) is 35.5. The number of esters is 1. The minimum Gasteiger partial charge on any atom is -0.453 e. The van der Waals surface area contributed by atoms with Crippen molar-refractivity contribution in [3.05, 3.63) is 0 Å². The van der Waals surface area contributed by atoms with Gasteiger partial charge in [-0.3, -0.25) is 14.9 Å². The van der Waals surface area contributed by atoms with Crippen molar-refractivity contribution in [3.8, 4) is 0 Å². The Kier molecular flexibility index (Phi) is 4.34. The molecule has 2 N–H and O–H groups in total. The van der Waals surface area contributed by atoms with Crippen molar-refractivity contribution < 1.29 is 19.1 Å². The Hall–Kier alpha value is -1.59. The monoisotopic (exact) mass is 322 g/mol. The summed E-state index contributed by atoms with van der Waals surface area (Å²) in [5.41, 5.74) is 0.100. The number of imide groups is 1. The van der Waals surface area contributed by atoms with Gasteiger partial charge in [0.25, 0.3) is 5.91 Å². The van der Waals surface area contributed by atoms with Crippen molar-refractivity contribution in [2.45, 2.75) is 58.0 Å². The number of hydrogen-bond donors (Lipinski definition) is 2. The zero-order valence-corrected chi connectivity index (χ0v) is 13.9. The third kappa shape index (κ3) is 3.51. The van der Waals surface area contributed by atoms with Crippen molar-refractivity contribution >= 4 is 17.9 Å². The number of amides is 3. The summed E-state index contributed by atoms with van der Waals surface area (Å²) in [5, 5.41) is 4.42. The highest BCUT2D eigenvalue weighted by atomic mass is 16.5. The Morgan fingerprint density at radius 3 is 2.09 bits per heavy atom. The van der Waals surface area contributed by atoms with E-state index in [4.69, 9.17) is 4.74 Å². The smallest absolute Gasteiger partial charge is 0.321 e. The van der Waals surface area contributed by atoms with E-state index in [1.54, 1.807) is 0 Å². The van der Waals surface area contributed by atoms with Gasteiger partial charge in [-0.15, -0.1) is 0 Å². The van der Waals surface area contributed by atoms with Crippen LogP contribution in [-0.4, -0.2) is 31.1 Å². The van der Waals surface area contributed by atoms with Gasteiger partial charge in [-0.2, -0.15) is 0 Å². The maximum Gasteiger partial charge on any atom is 0.321 e. The highest BCUT2D eigenvalue weighted by Crippen LogP contribution is 2.61. The van der Waals surface area contributed by atoms with Crippen LogP contribution in [0.1, 0.15) is 51.9 Å². The molecule has 4 bridgehead atoms. The number of urea groups is 1. The molecule has 3 amide bonds. The van der Waals surface area contributed by atoms with Crippen molar-refractivity contribution in [1.82, 2.24) is 10.6 Å². The first-order valence-corrected chi connectivity index (χ1v) is 8.61. The quantitative estimate of drug-likeness (QED) is 0.775. The molecule has 0 saturated heterocycles. The van der Waals surface area contributed by atoms with Gasteiger partial charge in [0, 0.05) is 7.05 Å². The van der Waals surface area contributed by atoms with Crippen LogP contribution in [0.15, 0.2) is 0 Å². The minimum atomic E-state index is -0.950. The third-order valence-electron chi connectivity index (χ3n) is 5.83. The van der Waals surface area contributed by atoms with E-state index >= 15 is 0 Å². The summed E-state index contributed by atoms with van der Waals surface area (Å²) in [6, 6.07) is -0.598. The van der Waals surface area contributed by atoms with Gasteiger partial charge in [-0.1, -0.05) is 0 Å². The lowest BCUT2D eigenvalue weighted by Gasteiger charge is -2.56. The van der Waals surface area contributed by atoms with Gasteiger partial charge in [0.05, 0.1) is 6.42 Å². The minimum absolute atomic E-state index is 0.100. The average molecular weight is 322 g/mol. The first kappa shape index (κ1) is 16.3. The Labute approximate surface area is 136 Å². The maximum absolute atomic E-state index is 12.3. The highest BCUT2D eigenvalue weighted by Gasteiger charge is 2.51. The molecule has 128 valence electrons. The average Bonchev–Trinajstić information content (AvgIpc) is 2.44. The third-order valence-corrected chi connectivity index (χ3v) is 5.83. The molecule has 6 heteroatoms. The molecule has 4 aliphatic rings. The summed E-state index contributed by atoms with van der Waals surface area (Å²) >= 11 is 0. The maximum atomic E-state index is 12.3. The second kappa shape index (κ2) is 6.13. The van der Waals surface area contributed by atoms with Gasteiger partial charge in [0.2, 0.25) is 0 Å². The van der Waals surface area contributed by atoms with Crippen LogP contribution < -0.4 is 10.6 Å². The number of ether oxygens (including phenoxy) is 1. The van der Waals surface area contributed by atoms with E-state index in [-0.39, 0.29) is 11.4 Å². The van der Waals surface area contributed by atoms with Gasteiger partial charge in [0.15, 0.2) is 6.10 Å². The molecule has 0 heterocycles. The highest BCUT2D eigenvalue weighted by molar-refractivity contribution is 5.97. The SMILES string of the molecule is CNC(=O)NC(=O)C(C)OC(=O)CC12CC3CC(CC(C3)C1)C2. The van der Waals surface area contributed by atoms with Crippen molar-refractivity contribution in [3.63, 3.8) is 0 Å². The van der Waals surface area contributed by atoms with Crippen molar-refractivity contribution in [2.24, 2.45) is 23.2 Å². The molecule has 0 radical (unpaired) electrons. The van der Waals surface area contributed by atoms with Gasteiger partial charge >= 0.3 is 12.0 Å². The molecule has 4 rings (SSSR count). The van der Waals surface area contributed by atoms with Crippen LogP contribution in [0, 0.1) is 23.2 Å². The van der Waals surface area contributed by atoms with Gasteiger partial charge < -0.3 is 10.1 Å². The van der Waals surface area contributed by atoms with Crippen molar-refractivity contribution in [2.75, 3.05) is 7.05 Å². The van der Waals surface area contributed by atoms with Crippen LogP contribution in [0.2, 0.25) is 0 Å². The predicted molar refractivity (Wildman–Crippen MR) is 83.4 cm³/mol. The van der Waals surface area contributed by atoms with E-state index in [0.29, 0.717) is 6.42 Å². The summed E-state index contributed by atoms with van der Waals surface area (Å²) in [7, 11) is 1.42. The van der Waals surface area contributed by atoms with E-state index in [1.807, 2.05) is 0 Å². The topological polar surface area (TPSA) is 84.5 Å². The summed E-state index contributed by atoms with van der Waals surface area (Å²) < 4.78 is 5.27. The van der Waals surface area contributed by atoms with Crippen LogP contribution in [0.25, 0.3) is 0 Å². The van der Waals surface area contributed by atoms with E-state index in [2.05, 4.69) is 10.6 Å². The van der Waals surface area contributed by atoms with Crippen LogP contribution in [0.4, 0.5) is 4.79 Å². The molecule has 0 aliphatic heterocycles. The van der Waals surface area contributed by atoms with Gasteiger partial charge in [0.1, 0.15) is 0 Å². The van der Waals surface area contributed by atoms with E-state index < -0.39 is 18.0 Å². The molecule has 0 spiro atoms. The van der Waals surface area contributed by atoms with E-state index in [1.165, 1.54) is 33.2 Å². The van der Waals surface area contributed by atoms with Gasteiger partial charge in [-0.25, -0.2) is 4.79 Å². The molecule has 4 fully saturated rings. The summed E-state index contributed by atoms with van der Waals surface area (Å²) in [6.45, 7) is 1.50. The van der Waals surface area contributed by atoms with E-state index in [0.717, 1.165) is 37.0 Å². The zero-order chi connectivity index (χ0) is 16.6. The molecule has 0 aromatic heterocycles. The summed E-state index contributed by atoms with van der Waals surface area (Å²) in [4.78, 5) is 35.2. The van der Waals surface area contributed by atoms with E-state index in [9.17, 15) is 14.4 Å². The molecule has 0 aromatic carbocycles. The first-order valence-electron chi connectivity index (χ1n) is 8.61. The Morgan fingerprint density at radius 2 is 1.61 bits per heavy atom. The standard InChI is InChI=1S/C17H26N2O4/c1-10(15(21)19-16(22)18-2)23-14(20)9-17-6-11-3-12(7-17)5-13(4-11)8-17/h10-13H,3-9H2,1-2H3,(H2,18,19,21,22). The molecule has 1 unspecified atom stereocenters.